The minimum Gasteiger partial charge on any atom is -0.306 e. The summed E-state index contributed by atoms with van der Waals surface area (Å²) in [6, 6.07) is 16.6. The number of hydrogen-bond acceptors (Lipinski definition) is 8. The number of amides is 1. The Hall–Kier alpha value is -4.46. The summed E-state index contributed by atoms with van der Waals surface area (Å²) in [7, 11) is -3.63. The molecule has 0 saturated carbocycles. The molecular weight excluding hydrogens is 573 g/mol. The summed E-state index contributed by atoms with van der Waals surface area (Å²) < 4.78 is 32.5. The third kappa shape index (κ3) is 4.74. The first-order valence-electron chi connectivity index (χ1n) is 13.5. The van der Waals surface area contributed by atoms with Gasteiger partial charge in [0.15, 0.2) is 5.65 Å². The Morgan fingerprint density at radius 2 is 1.86 bits per heavy atom. The molecule has 5 heterocycles. The van der Waals surface area contributed by atoms with Crippen LogP contribution in [0.4, 0.5) is 5.82 Å². The van der Waals surface area contributed by atoms with Crippen LogP contribution in [0.3, 0.4) is 0 Å². The smallest absolute Gasteiger partial charge is 0.262 e. The van der Waals surface area contributed by atoms with Crippen molar-refractivity contribution < 1.29 is 13.2 Å². The predicted molar refractivity (Wildman–Crippen MR) is 160 cm³/mol. The van der Waals surface area contributed by atoms with Gasteiger partial charge >= 0.3 is 0 Å². The van der Waals surface area contributed by atoms with Gasteiger partial charge in [-0.1, -0.05) is 17.7 Å². The van der Waals surface area contributed by atoms with Crippen LogP contribution in [-0.2, 0) is 10.0 Å². The summed E-state index contributed by atoms with van der Waals surface area (Å²) in [6.45, 7) is 2.76. The number of aryl methyl sites for hydroxylation is 1. The zero-order valence-electron chi connectivity index (χ0n) is 22.6. The van der Waals surface area contributed by atoms with Gasteiger partial charge in [0.05, 0.1) is 38.2 Å². The summed E-state index contributed by atoms with van der Waals surface area (Å²) in [5, 5.41) is 12.1. The average molecular weight is 599 g/mol. The van der Waals surface area contributed by atoms with Gasteiger partial charge in [-0.25, -0.2) is 27.6 Å². The van der Waals surface area contributed by atoms with Gasteiger partial charge in [0.25, 0.3) is 5.91 Å². The average Bonchev–Trinajstić information content (AvgIpc) is 3.76. The van der Waals surface area contributed by atoms with Gasteiger partial charge in [-0.2, -0.15) is 14.5 Å². The number of carbonyl (C=O) groups is 1. The number of nitrogens with one attached hydrogen (secondary N) is 1. The van der Waals surface area contributed by atoms with Gasteiger partial charge in [0, 0.05) is 37.5 Å². The SMILES string of the molecule is Cc1ccc(-n2nc(C3CCN(S(=O)(=O)c4ccc5ncsc5c4)CC3)cc2NC(=O)c2cnn3cccnc23)cc1. The fourth-order valence-corrected chi connectivity index (χ4v) is 7.57. The van der Waals surface area contributed by atoms with Crippen molar-refractivity contribution in [1.82, 2.24) is 33.7 Å². The molecule has 4 aromatic heterocycles. The zero-order valence-corrected chi connectivity index (χ0v) is 24.2. The quantitative estimate of drug-likeness (QED) is 0.296. The first-order chi connectivity index (χ1) is 20.4. The van der Waals surface area contributed by atoms with Crippen LogP contribution < -0.4 is 5.32 Å². The Morgan fingerprint density at radius 3 is 2.67 bits per heavy atom. The van der Waals surface area contributed by atoms with Crippen LogP contribution in [0.2, 0.25) is 0 Å². The molecule has 6 aromatic rings. The molecule has 1 fully saturated rings. The van der Waals surface area contributed by atoms with E-state index in [0.29, 0.717) is 43.0 Å². The van der Waals surface area contributed by atoms with E-state index < -0.39 is 10.0 Å². The number of piperidine rings is 1. The lowest BCUT2D eigenvalue weighted by molar-refractivity contribution is 0.102. The normalized spacial score (nSPS) is 15.0. The molecule has 11 nitrogen and oxygen atoms in total. The standard InChI is InChI=1S/C29H26N8O3S2/c1-19-3-5-21(6-4-19)37-27(33-29(38)23-17-32-36-12-2-11-30-28(23)36)16-25(34-37)20-9-13-35(14-10-20)42(39,40)22-7-8-24-26(15-22)41-18-31-24/h2-8,11-12,15-18,20H,9-10,13-14H2,1H3,(H,33,38). The number of carbonyl (C=O) groups excluding carboxylic acids is 1. The number of hydrogen-bond donors (Lipinski definition) is 1. The molecule has 2 aromatic carbocycles. The van der Waals surface area contributed by atoms with E-state index in [1.807, 2.05) is 37.3 Å². The van der Waals surface area contributed by atoms with Crippen molar-refractivity contribution >= 4 is 48.9 Å². The molecule has 13 heteroatoms. The topological polar surface area (TPSA) is 127 Å². The number of sulfonamides is 1. The van der Waals surface area contributed by atoms with Gasteiger partial charge < -0.3 is 5.32 Å². The Kier molecular flexibility index (Phi) is 6.56. The molecule has 42 heavy (non-hydrogen) atoms. The largest absolute Gasteiger partial charge is 0.306 e. The molecule has 1 N–H and O–H groups in total. The van der Waals surface area contributed by atoms with E-state index in [4.69, 9.17) is 5.10 Å². The van der Waals surface area contributed by atoms with Crippen molar-refractivity contribution in [2.75, 3.05) is 18.4 Å². The molecule has 7 rings (SSSR count). The molecule has 1 aliphatic heterocycles. The Morgan fingerprint density at radius 1 is 1.05 bits per heavy atom. The number of aromatic nitrogens is 6. The lowest BCUT2D eigenvalue weighted by atomic mass is 9.95. The first-order valence-corrected chi connectivity index (χ1v) is 15.8. The summed E-state index contributed by atoms with van der Waals surface area (Å²) in [5.74, 6) is 0.200. The number of fused-ring (bicyclic) bond motifs is 2. The fraction of sp³-hybridized carbons (Fsp3) is 0.207. The highest BCUT2D eigenvalue weighted by Gasteiger charge is 2.32. The molecule has 0 atom stereocenters. The van der Waals surface area contributed by atoms with E-state index in [1.54, 1.807) is 55.7 Å². The van der Waals surface area contributed by atoms with Gasteiger partial charge in [-0.05, 0) is 56.2 Å². The van der Waals surface area contributed by atoms with Crippen LogP contribution in [0.25, 0.3) is 21.6 Å². The van der Waals surface area contributed by atoms with Gasteiger partial charge in [0.2, 0.25) is 10.0 Å². The van der Waals surface area contributed by atoms with Crippen LogP contribution in [0, 0.1) is 6.92 Å². The van der Waals surface area contributed by atoms with Crippen molar-refractivity contribution in [2.45, 2.75) is 30.6 Å². The van der Waals surface area contributed by atoms with E-state index >= 15 is 0 Å². The second-order valence-corrected chi connectivity index (χ2v) is 13.1. The Balaban J connectivity index is 1.14. The highest BCUT2D eigenvalue weighted by molar-refractivity contribution is 7.89. The second-order valence-electron chi connectivity index (χ2n) is 10.3. The lowest BCUT2D eigenvalue weighted by Crippen LogP contribution is -2.38. The van der Waals surface area contributed by atoms with Crippen LogP contribution in [-0.4, -0.2) is 61.1 Å². The molecule has 0 spiro atoms. The molecule has 0 unspecified atom stereocenters. The summed E-state index contributed by atoms with van der Waals surface area (Å²) in [6.07, 6.45) is 6.06. The van der Waals surface area contributed by atoms with Gasteiger partial charge in [0.1, 0.15) is 11.4 Å². The molecule has 1 aliphatic rings. The zero-order chi connectivity index (χ0) is 28.8. The van der Waals surface area contributed by atoms with Crippen molar-refractivity contribution in [2.24, 2.45) is 0 Å². The van der Waals surface area contributed by atoms with E-state index in [-0.39, 0.29) is 16.7 Å². The molecule has 1 amide bonds. The lowest BCUT2D eigenvalue weighted by Gasteiger charge is -2.30. The number of benzene rings is 2. The highest BCUT2D eigenvalue weighted by Crippen LogP contribution is 2.33. The third-order valence-electron chi connectivity index (χ3n) is 7.59. The number of thiazole rings is 1. The van der Waals surface area contributed by atoms with Crippen molar-refractivity contribution in [3.05, 3.63) is 95.5 Å². The molecule has 0 bridgehead atoms. The number of rotatable bonds is 6. The monoisotopic (exact) mass is 598 g/mol. The number of nitrogens with zero attached hydrogens (tertiary/aromatic N) is 7. The minimum absolute atomic E-state index is 0.0291. The predicted octanol–water partition coefficient (Wildman–Crippen LogP) is 4.65. The maximum Gasteiger partial charge on any atom is 0.262 e. The summed E-state index contributed by atoms with van der Waals surface area (Å²) >= 11 is 1.43. The van der Waals surface area contributed by atoms with E-state index in [0.717, 1.165) is 27.2 Å². The Bertz CT molecular complexity index is 2040. The third-order valence-corrected chi connectivity index (χ3v) is 10.3. The summed E-state index contributed by atoms with van der Waals surface area (Å²) in [5.41, 5.74) is 6.03. The maximum absolute atomic E-state index is 13.4. The maximum atomic E-state index is 13.4. The van der Waals surface area contributed by atoms with Crippen LogP contribution in [0.5, 0.6) is 0 Å². The molecule has 0 aliphatic carbocycles. The number of anilines is 1. The van der Waals surface area contributed by atoms with Crippen molar-refractivity contribution in [3.63, 3.8) is 0 Å². The Labute approximate surface area is 245 Å². The van der Waals surface area contributed by atoms with Crippen LogP contribution >= 0.6 is 11.3 Å². The first kappa shape index (κ1) is 26.4. The van der Waals surface area contributed by atoms with Crippen LogP contribution in [0.1, 0.15) is 40.4 Å². The minimum atomic E-state index is -3.63. The van der Waals surface area contributed by atoms with Crippen molar-refractivity contribution in [3.8, 4) is 5.69 Å². The molecular formula is C29H26N8O3S2. The van der Waals surface area contributed by atoms with Gasteiger partial charge in [-0.3, -0.25) is 4.79 Å². The molecule has 1 saturated heterocycles. The van der Waals surface area contributed by atoms with Crippen molar-refractivity contribution in [1.29, 1.82) is 0 Å². The van der Waals surface area contributed by atoms with E-state index in [1.165, 1.54) is 17.5 Å². The van der Waals surface area contributed by atoms with E-state index in [2.05, 4.69) is 20.4 Å². The fourth-order valence-electron chi connectivity index (χ4n) is 5.28. The molecule has 212 valence electrons. The second kappa shape index (κ2) is 10.4. The van der Waals surface area contributed by atoms with Gasteiger partial charge in [-0.15, -0.1) is 11.3 Å². The summed E-state index contributed by atoms with van der Waals surface area (Å²) in [4.78, 5) is 22.2. The highest BCUT2D eigenvalue weighted by atomic mass is 32.2. The molecule has 0 radical (unpaired) electrons. The van der Waals surface area contributed by atoms with Crippen LogP contribution in [0.15, 0.2) is 83.6 Å². The van der Waals surface area contributed by atoms with E-state index in [9.17, 15) is 13.2 Å².